The van der Waals surface area contributed by atoms with E-state index < -0.39 is 0 Å². The molecule has 0 fully saturated rings. The molecule has 0 aromatic heterocycles. The first kappa shape index (κ1) is 26.5. The highest BCUT2D eigenvalue weighted by atomic mass is 16.5. The third-order valence-corrected chi connectivity index (χ3v) is 4.10. The van der Waals surface area contributed by atoms with E-state index in [1.807, 2.05) is 0 Å². The molecule has 0 saturated heterocycles. The van der Waals surface area contributed by atoms with Gasteiger partial charge in [-0.2, -0.15) is 0 Å². The molecule has 0 aliphatic heterocycles. The molecule has 27 heavy (non-hydrogen) atoms. The molecule has 0 bridgehead atoms. The average Bonchev–Trinajstić information content (AvgIpc) is 2.68. The number of hydrogen-bond acceptors (Lipinski definition) is 7. The van der Waals surface area contributed by atoms with Crippen molar-refractivity contribution in [3.05, 3.63) is 12.2 Å². The van der Waals surface area contributed by atoms with Crippen molar-refractivity contribution in [3.63, 3.8) is 0 Å². The van der Waals surface area contributed by atoms with E-state index in [1.165, 1.54) is 0 Å². The predicted molar refractivity (Wildman–Crippen MR) is 113 cm³/mol. The molecule has 7 heteroatoms. The zero-order chi connectivity index (χ0) is 20.0. The van der Waals surface area contributed by atoms with Crippen LogP contribution in [0.2, 0.25) is 0 Å². The summed E-state index contributed by atoms with van der Waals surface area (Å²) in [5.74, 6) is 0. The van der Waals surface area contributed by atoms with E-state index in [0.717, 1.165) is 78.3 Å². The summed E-state index contributed by atoms with van der Waals surface area (Å²) in [6.45, 7) is 12.4. The smallest absolute Gasteiger partial charge is 0.0701 e. The van der Waals surface area contributed by atoms with Gasteiger partial charge in [0, 0.05) is 19.6 Å². The van der Waals surface area contributed by atoms with Gasteiger partial charge in [-0.05, 0) is 52.5 Å². The minimum absolute atomic E-state index is 0.609. The monoisotopic (exact) mass is 388 g/mol. The quantitative estimate of drug-likeness (QED) is 0.223. The van der Waals surface area contributed by atoms with Crippen LogP contribution in [0.5, 0.6) is 0 Å². The lowest BCUT2D eigenvalue weighted by Gasteiger charge is -2.20. The Labute approximate surface area is 167 Å². The van der Waals surface area contributed by atoms with Crippen LogP contribution >= 0.6 is 0 Å². The number of nitrogens with two attached hydrogens (primary N) is 2. The molecule has 7 nitrogen and oxygen atoms in total. The Morgan fingerprint density at radius 2 is 1.26 bits per heavy atom. The minimum Gasteiger partial charge on any atom is -0.378 e. The number of allylic oxidation sites excluding steroid dienone is 1. The van der Waals surface area contributed by atoms with Crippen molar-refractivity contribution in [2.45, 2.75) is 26.2 Å². The maximum absolute atomic E-state index is 5.67. The van der Waals surface area contributed by atoms with Crippen LogP contribution in [0.25, 0.3) is 0 Å². The lowest BCUT2D eigenvalue weighted by Crippen LogP contribution is -2.30. The van der Waals surface area contributed by atoms with Gasteiger partial charge in [0.2, 0.25) is 0 Å². The van der Waals surface area contributed by atoms with E-state index in [-0.39, 0.29) is 0 Å². The van der Waals surface area contributed by atoms with Crippen molar-refractivity contribution < 1.29 is 14.2 Å². The fourth-order valence-corrected chi connectivity index (χ4v) is 2.43. The lowest BCUT2D eigenvalue weighted by molar-refractivity contribution is 0.00839. The lowest BCUT2D eigenvalue weighted by atomic mass is 10.3. The van der Waals surface area contributed by atoms with Crippen molar-refractivity contribution in [1.29, 1.82) is 0 Å². The van der Waals surface area contributed by atoms with E-state index in [2.05, 4.69) is 35.9 Å². The van der Waals surface area contributed by atoms with Crippen molar-refractivity contribution in [1.82, 2.24) is 9.80 Å². The van der Waals surface area contributed by atoms with Crippen LogP contribution in [0.15, 0.2) is 12.2 Å². The van der Waals surface area contributed by atoms with Crippen molar-refractivity contribution in [3.8, 4) is 0 Å². The van der Waals surface area contributed by atoms with Crippen LogP contribution in [0.1, 0.15) is 26.2 Å². The highest BCUT2D eigenvalue weighted by molar-refractivity contribution is 4.83. The molecular formula is C20H44N4O3. The number of nitrogens with zero attached hydrogens (tertiary/aromatic N) is 2. The maximum Gasteiger partial charge on any atom is 0.0701 e. The molecule has 0 rings (SSSR count). The highest BCUT2D eigenvalue weighted by Crippen LogP contribution is 1.94. The molecule has 0 aromatic carbocycles. The largest absolute Gasteiger partial charge is 0.378 e. The summed E-state index contributed by atoms with van der Waals surface area (Å²) in [5.41, 5.74) is 11.1. The summed E-state index contributed by atoms with van der Waals surface area (Å²) in [5, 5.41) is 0. The van der Waals surface area contributed by atoms with E-state index in [0.29, 0.717) is 26.4 Å². The third-order valence-electron chi connectivity index (χ3n) is 4.10. The van der Waals surface area contributed by atoms with Crippen molar-refractivity contribution in [2.75, 3.05) is 92.5 Å². The Bertz CT molecular complexity index is 320. The number of likely N-dealkylation sites (N-methyl/N-ethyl adjacent to an activating group) is 1. The van der Waals surface area contributed by atoms with E-state index in [1.54, 1.807) is 0 Å². The molecule has 162 valence electrons. The van der Waals surface area contributed by atoms with Gasteiger partial charge in [-0.15, -0.1) is 0 Å². The highest BCUT2D eigenvalue weighted by Gasteiger charge is 2.02. The topological polar surface area (TPSA) is 86.2 Å². The van der Waals surface area contributed by atoms with E-state index in [4.69, 9.17) is 25.7 Å². The van der Waals surface area contributed by atoms with E-state index >= 15 is 0 Å². The first-order valence-electron chi connectivity index (χ1n) is 10.4. The minimum atomic E-state index is 0.609. The maximum atomic E-state index is 5.67. The fraction of sp³-hybridized carbons (Fsp3) is 0.900. The SMILES string of the molecule is CCC=CCN(CCCN)CCOCCOCCOCCN(C)CCCN. The van der Waals surface area contributed by atoms with Gasteiger partial charge in [0.15, 0.2) is 0 Å². The third kappa shape index (κ3) is 20.0. The fourth-order valence-electron chi connectivity index (χ4n) is 2.43. The molecule has 0 aliphatic carbocycles. The van der Waals surface area contributed by atoms with Crippen LogP contribution in [0, 0.1) is 0 Å². The number of rotatable bonds is 21. The van der Waals surface area contributed by atoms with Crippen molar-refractivity contribution in [2.24, 2.45) is 11.5 Å². The number of hydrogen-bond donors (Lipinski definition) is 2. The summed E-state index contributed by atoms with van der Waals surface area (Å²) in [4.78, 5) is 4.61. The standard InChI is InChI=1S/C20H44N4O3/c1-3-4-5-11-24(12-7-9-22)14-16-26-18-20-27-19-17-25-15-13-23(2)10-6-8-21/h4-5H,3,6-22H2,1-2H3. The van der Waals surface area contributed by atoms with Gasteiger partial charge >= 0.3 is 0 Å². The Balaban J connectivity index is 3.44. The second kappa shape index (κ2) is 21.8. The van der Waals surface area contributed by atoms with Crippen LogP contribution in [0.4, 0.5) is 0 Å². The first-order valence-corrected chi connectivity index (χ1v) is 10.4. The van der Waals surface area contributed by atoms with Crippen molar-refractivity contribution >= 4 is 0 Å². The van der Waals surface area contributed by atoms with Gasteiger partial charge in [-0.3, -0.25) is 4.90 Å². The molecule has 0 aliphatic rings. The Morgan fingerprint density at radius 1 is 0.704 bits per heavy atom. The molecule has 0 saturated carbocycles. The van der Waals surface area contributed by atoms with Gasteiger partial charge < -0.3 is 30.6 Å². The molecule has 0 atom stereocenters. The van der Waals surface area contributed by atoms with Crippen LogP contribution in [-0.2, 0) is 14.2 Å². The molecule has 0 radical (unpaired) electrons. The molecule has 0 aromatic rings. The normalized spacial score (nSPS) is 12.1. The van der Waals surface area contributed by atoms with E-state index in [9.17, 15) is 0 Å². The van der Waals surface area contributed by atoms with Crippen LogP contribution in [-0.4, -0.2) is 102 Å². The summed E-state index contributed by atoms with van der Waals surface area (Å²) < 4.78 is 16.8. The average molecular weight is 389 g/mol. The molecular weight excluding hydrogens is 344 g/mol. The Morgan fingerprint density at radius 3 is 1.85 bits per heavy atom. The van der Waals surface area contributed by atoms with Gasteiger partial charge in [-0.25, -0.2) is 0 Å². The second-order valence-corrected chi connectivity index (χ2v) is 6.61. The summed E-state index contributed by atoms with van der Waals surface area (Å²) >= 11 is 0. The molecule has 0 heterocycles. The van der Waals surface area contributed by atoms with Gasteiger partial charge in [0.25, 0.3) is 0 Å². The first-order chi connectivity index (χ1) is 13.2. The zero-order valence-corrected chi connectivity index (χ0v) is 17.7. The Kier molecular flexibility index (Phi) is 21.3. The van der Waals surface area contributed by atoms with Crippen LogP contribution in [0.3, 0.4) is 0 Å². The van der Waals surface area contributed by atoms with Gasteiger partial charge in [-0.1, -0.05) is 19.1 Å². The molecule has 0 spiro atoms. The van der Waals surface area contributed by atoms with Gasteiger partial charge in [0.05, 0.1) is 39.6 Å². The Hall–Kier alpha value is -0.540. The predicted octanol–water partition coefficient (Wildman–Crippen LogP) is 0.934. The van der Waals surface area contributed by atoms with Crippen LogP contribution < -0.4 is 11.5 Å². The summed E-state index contributed by atoms with van der Waals surface area (Å²) in [6.07, 6.45) is 7.54. The molecule has 0 unspecified atom stereocenters. The number of ether oxygens (including phenoxy) is 3. The summed E-state index contributed by atoms with van der Waals surface area (Å²) in [6, 6.07) is 0. The van der Waals surface area contributed by atoms with Gasteiger partial charge in [0.1, 0.15) is 0 Å². The molecule has 4 N–H and O–H groups in total. The summed E-state index contributed by atoms with van der Waals surface area (Å²) in [7, 11) is 2.09. The second-order valence-electron chi connectivity index (χ2n) is 6.61. The zero-order valence-electron chi connectivity index (χ0n) is 17.7. The molecule has 0 amide bonds.